The van der Waals surface area contributed by atoms with Crippen molar-refractivity contribution in [3.8, 4) is 0 Å². The molecule has 3 rings (SSSR count). The fraction of sp³-hybridized carbons (Fsp3) is 0.808. The SMILES string of the molecule is CC(C)(C)OC(=O)N[C@H](C(=O)N[C@@H](CC1CC1)C(=O)NC(CC1CC1)C(=O)C(N)=O)C1CCCCC1. The first kappa shape index (κ1) is 27.9. The molecule has 3 fully saturated rings. The van der Waals surface area contributed by atoms with Gasteiger partial charge in [-0.1, -0.05) is 44.9 Å². The van der Waals surface area contributed by atoms with Crippen LogP contribution in [0.1, 0.15) is 91.4 Å². The summed E-state index contributed by atoms with van der Waals surface area (Å²) in [5, 5.41) is 8.27. The van der Waals surface area contributed by atoms with Crippen LogP contribution >= 0.6 is 0 Å². The van der Waals surface area contributed by atoms with Gasteiger partial charge < -0.3 is 26.4 Å². The average molecular weight is 507 g/mol. The highest BCUT2D eigenvalue weighted by molar-refractivity contribution is 6.37. The van der Waals surface area contributed by atoms with E-state index >= 15 is 0 Å². The molecular weight excluding hydrogens is 464 g/mol. The molecule has 1 unspecified atom stereocenters. The Morgan fingerprint density at radius 3 is 1.81 bits per heavy atom. The van der Waals surface area contributed by atoms with E-state index < -0.39 is 53.3 Å². The molecule has 0 aromatic rings. The number of rotatable bonds is 12. The van der Waals surface area contributed by atoms with Crippen molar-refractivity contribution >= 4 is 29.6 Å². The van der Waals surface area contributed by atoms with Crippen LogP contribution in [0.15, 0.2) is 0 Å². The zero-order chi connectivity index (χ0) is 26.5. The van der Waals surface area contributed by atoms with Crippen LogP contribution in [-0.2, 0) is 23.9 Å². The van der Waals surface area contributed by atoms with Gasteiger partial charge in [-0.05, 0) is 64.2 Å². The first-order chi connectivity index (χ1) is 16.9. The Balaban J connectivity index is 1.71. The molecule has 3 atom stereocenters. The van der Waals surface area contributed by atoms with Crippen molar-refractivity contribution in [2.75, 3.05) is 0 Å². The normalized spacial score (nSPS) is 21.0. The summed E-state index contributed by atoms with van der Waals surface area (Å²) in [4.78, 5) is 63.1. The summed E-state index contributed by atoms with van der Waals surface area (Å²) in [7, 11) is 0. The molecule has 202 valence electrons. The lowest BCUT2D eigenvalue weighted by Crippen LogP contribution is -2.58. The lowest BCUT2D eigenvalue weighted by Gasteiger charge is -2.32. The monoisotopic (exact) mass is 506 g/mol. The van der Waals surface area contributed by atoms with Crippen LogP contribution in [0.3, 0.4) is 0 Å². The molecule has 0 saturated heterocycles. The molecule has 3 aliphatic carbocycles. The second-order valence-corrected chi connectivity index (χ2v) is 11.7. The highest BCUT2D eigenvalue weighted by Crippen LogP contribution is 2.35. The standard InChI is InChI=1S/C26H42N4O6/c1-26(2,3)36-25(35)30-20(17-7-5-4-6-8-17)24(34)29-19(14-16-11-12-16)23(33)28-18(13-15-9-10-15)21(31)22(27)32/h15-20H,4-14H2,1-3H3,(H2,27,32)(H,28,33)(H,29,34)(H,30,35)/t18?,19-,20-/m0/s1. The van der Waals surface area contributed by atoms with Gasteiger partial charge in [0.15, 0.2) is 0 Å². The molecule has 0 bridgehead atoms. The van der Waals surface area contributed by atoms with Crippen molar-refractivity contribution in [1.82, 2.24) is 16.0 Å². The van der Waals surface area contributed by atoms with Gasteiger partial charge in [0, 0.05) is 0 Å². The molecule has 3 saturated carbocycles. The number of alkyl carbamates (subject to hydrolysis) is 1. The van der Waals surface area contributed by atoms with Gasteiger partial charge in [-0.2, -0.15) is 0 Å². The molecule has 0 radical (unpaired) electrons. The Morgan fingerprint density at radius 2 is 1.31 bits per heavy atom. The molecule has 4 amide bonds. The van der Waals surface area contributed by atoms with E-state index in [2.05, 4.69) is 16.0 Å². The Kier molecular flexibility index (Phi) is 9.35. The summed E-state index contributed by atoms with van der Waals surface area (Å²) in [5.41, 5.74) is 4.49. The first-order valence-electron chi connectivity index (χ1n) is 13.4. The number of carbonyl (C=O) groups is 5. The number of nitrogens with one attached hydrogen (secondary N) is 3. The Morgan fingerprint density at radius 1 is 0.778 bits per heavy atom. The van der Waals surface area contributed by atoms with Crippen LogP contribution in [0.4, 0.5) is 4.79 Å². The van der Waals surface area contributed by atoms with Gasteiger partial charge in [0.05, 0.1) is 6.04 Å². The zero-order valence-electron chi connectivity index (χ0n) is 21.8. The lowest BCUT2D eigenvalue weighted by molar-refractivity contribution is -0.139. The van der Waals surface area contributed by atoms with Crippen LogP contribution in [0, 0.1) is 17.8 Å². The predicted molar refractivity (Wildman–Crippen MR) is 132 cm³/mol. The van der Waals surface area contributed by atoms with Crippen molar-refractivity contribution in [2.24, 2.45) is 23.5 Å². The molecule has 0 aliphatic heterocycles. The van der Waals surface area contributed by atoms with Gasteiger partial charge in [0.25, 0.3) is 5.91 Å². The van der Waals surface area contributed by atoms with Crippen LogP contribution in [-0.4, -0.2) is 53.3 Å². The maximum Gasteiger partial charge on any atom is 0.408 e. The van der Waals surface area contributed by atoms with E-state index in [1.54, 1.807) is 20.8 Å². The second kappa shape index (κ2) is 12.1. The number of primary amides is 1. The molecule has 10 heteroatoms. The topological polar surface area (TPSA) is 157 Å². The third-order valence-electron chi connectivity index (χ3n) is 7.12. The molecule has 0 aromatic carbocycles. The summed E-state index contributed by atoms with van der Waals surface area (Å²) in [6.45, 7) is 5.26. The van der Waals surface area contributed by atoms with E-state index in [4.69, 9.17) is 10.5 Å². The zero-order valence-corrected chi connectivity index (χ0v) is 21.8. The number of ketones is 1. The molecule has 10 nitrogen and oxygen atoms in total. The van der Waals surface area contributed by atoms with Crippen molar-refractivity contribution in [3.63, 3.8) is 0 Å². The smallest absolute Gasteiger partial charge is 0.408 e. The molecule has 3 aliphatic rings. The summed E-state index contributed by atoms with van der Waals surface area (Å²) >= 11 is 0. The second-order valence-electron chi connectivity index (χ2n) is 11.7. The van der Waals surface area contributed by atoms with Crippen LogP contribution < -0.4 is 21.7 Å². The average Bonchev–Trinajstić information content (AvgIpc) is 3.72. The van der Waals surface area contributed by atoms with E-state index in [-0.39, 0.29) is 11.8 Å². The number of ether oxygens (including phenoxy) is 1. The van der Waals surface area contributed by atoms with Crippen molar-refractivity contribution in [3.05, 3.63) is 0 Å². The van der Waals surface area contributed by atoms with Gasteiger partial charge in [0.2, 0.25) is 17.6 Å². The Bertz CT molecular complexity index is 840. The third-order valence-corrected chi connectivity index (χ3v) is 7.12. The van der Waals surface area contributed by atoms with Gasteiger partial charge in [-0.3, -0.25) is 19.2 Å². The fourth-order valence-corrected chi connectivity index (χ4v) is 4.84. The maximum atomic E-state index is 13.5. The van der Waals surface area contributed by atoms with Crippen molar-refractivity contribution < 1.29 is 28.7 Å². The highest BCUT2D eigenvalue weighted by Gasteiger charge is 2.38. The van der Waals surface area contributed by atoms with Crippen molar-refractivity contribution in [2.45, 2.75) is 115 Å². The van der Waals surface area contributed by atoms with Gasteiger partial charge >= 0.3 is 6.09 Å². The van der Waals surface area contributed by atoms with E-state index in [1.807, 2.05) is 0 Å². The number of Topliss-reactive ketones (excluding diaryl/α,β-unsaturated/α-hetero) is 1. The Labute approximate surface area is 213 Å². The van der Waals surface area contributed by atoms with Gasteiger partial charge in [-0.25, -0.2) is 4.79 Å². The molecule has 5 N–H and O–H groups in total. The minimum Gasteiger partial charge on any atom is -0.444 e. The van der Waals surface area contributed by atoms with Gasteiger partial charge in [-0.15, -0.1) is 0 Å². The summed E-state index contributed by atoms with van der Waals surface area (Å²) in [6, 6.07) is -2.70. The minimum atomic E-state index is -1.08. The van der Waals surface area contributed by atoms with Crippen LogP contribution in [0.25, 0.3) is 0 Å². The number of carbonyl (C=O) groups excluding carboxylic acids is 5. The quantitative estimate of drug-likeness (QED) is 0.297. The van der Waals surface area contributed by atoms with E-state index in [0.29, 0.717) is 18.8 Å². The van der Waals surface area contributed by atoms with Crippen molar-refractivity contribution in [1.29, 1.82) is 0 Å². The minimum absolute atomic E-state index is 0.0602. The summed E-state index contributed by atoms with van der Waals surface area (Å²) < 4.78 is 5.39. The summed E-state index contributed by atoms with van der Waals surface area (Å²) in [6.07, 6.45) is 8.55. The number of nitrogens with two attached hydrogens (primary N) is 1. The molecule has 36 heavy (non-hydrogen) atoms. The third kappa shape index (κ3) is 9.09. The van der Waals surface area contributed by atoms with Crippen LogP contribution in [0.5, 0.6) is 0 Å². The number of amides is 4. The first-order valence-corrected chi connectivity index (χ1v) is 13.4. The highest BCUT2D eigenvalue weighted by atomic mass is 16.6. The van der Waals surface area contributed by atoms with Gasteiger partial charge in [0.1, 0.15) is 17.7 Å². The molecule has 0 aromatic heterocycles. The summed E-state index contributed by atoms with van der Waals surface area (Å²) in [5.74, 6) is -2.31. The van der Waals surface area contributed by atoms with E-state index in [1.165, 1.54) is 0 Å². The number of hydrogen-bond acceptors (Lipinski definition) is 6. The van der Waals surface area contributed by atoms with Crippen LogP contribution in [0.2, 0.25) is 0 Å². The fourth-order valence-electron chi connectivity index (χ4n) is 4.84. The molecular formula is C26H42N4O6. The van der Waals surface area contributed by atoms with E-state index in [0.717, 1.165) is 57.8 Å². The molecule has 0 spiro atoms. The largest absolute Gasteiger partial charge is 0.444 e. The molecule has 0 heterocycles. The Hall–Kier alpha value is -2.65. The predicted octanol–water partition coefficient (Wildman–Crippen LogP) is 2.08. The maximum absolute atomic E-state index is 13.5. The lowest BCUT2D eigenvalue weighted by atomic mass is 9.83. The number of hydrogen-bond donors (Lipinski definition) is 4. The van der Waals surface area contributed by atoms with E-state index in [9.17, 15) is 24.0 Å².